The first kappa shape index (κ1) is 29.2. The summed E-state index contributed by atoms with van der Waals surface area (Å²) in [5.74, 6) is -0.599. The molecule has 0 unspecified atom stereocenters. The molecule has 1 saturated heterocycles. The van der Waals surface area contributed by atoms with Gasteiger partial charge < -0.3 is 20.3 Å². The van der Waals surface area contributed by atoms with Gasteiger partial charge in [-0.3, -0.25) is 24.7 Å². The highest BCUT2D eigenvalue weighted by molar-refractivity contribution is 9.10. The molecule has 2 N–H and O–H groups in total. The number of nitrogens with zero attached hydrogens (tertiary/aromatic N) is 3. The van der Waals surface area contributed by atoms with E-state index < -0.39 is 4.92 Å². The van der Waals surface area contributed by atoms with E-state index in [0.29, 0.717) is 41.0 Å². The fourth-order valence-corrected chi connectivity index (χ4v) is 6.43. The highest BCUT2D eigenvalue weighted by Crippen LogP contribution is 2.36. The molecule has 2 amide bonds. The molecule has 216 valence electrons. The summed E-state index contributed by atoms with van der Waals surface area (Å²) in [5, 5.41) is 20.7. The molecule has 0 radical (unpaired) electrons. The zero-order chi connectivity index (χ0) is 29.3. The molecule has 1 aliphatic carbocycles. The summed E-state index contributed by atoms with van der Waals surface area (Å²) in [6.07, 6.45) is 5.99. The molecule has 1 aromatic heterocycles. The van der Waals surface area contributed by atoms with Crippen LogP contribution in [0.2, 0.25) is 5.02 Å². The maximum atomic E-state index is 13.8. The second-order valence-electron chi connectivity index (χ2n) is 10.7. The number of hydrogen-bond donors (Lipinski definition) is 2. The minimum Gasteiger partial charge on any atom is -0.374 e. The Labute approximate surface area is 251 Å². The number of halogens is 2. The van der Waals surface area contributed by atoms with E-state index in [0.717, 1.165) is 23.6 Å². The Hall–Kier alpha value is -3.28. The van der Waals surface area contributed by atoms with E-state index in [1.54, 1.807) is 35.4 Å². The number of anilines is 1. The quantitative estimate of drug-likeness (QED) is 0.250. The summed E-state index contributed by atoms with van der Waals surface area (Å²) in [4.78, 5) is 44.8. The summed E-state index contributed by atoms with van der Waals surface area (Å²) in [7, 11) is 0. The van der Waals surface area contributed by atoms with Gasteiger partial charge in [-0.25, -0.2) is 0 Å². The molecule has 0 bridgehead atoms. The first-order valence-corrected chi connectivity index (χ1v) is 14.8. The molecule has 2 fully saturated rings. The lowest BCUT2D eigenvalue weighted by molar-refractivity contribution is -0.384. The Bertz CT molecular complexity index is 1490. The SMILES string of the molecule is C[C@@H]1CN(C(=O)c2cc(Br)cc([N+](=O)[O-])c2N[C@@H]2CCCC[C@@H]2NC(=O)c2cncc3cc(Cl)ccc23)C[C@H](C)O1. The largest absolute Gasteiger partial charge is 0.374 e. The van der Waals surface area contributed by atoms with Crippen LogP contribution in [0.4, 0.5) is 11.4 Å². The first-order chi connectivity index (χ1) is 19.6. The normalized spacial score (nSPS) is 22.8. The van der Waals surface area contributed by atoms with Crippen molar-refractivity contribution in [3.63, 3.8) is 0 Å². The summed E-state index contributed by atoms with van der Waals surface area (Å²) in [6, 6.07) is 7.63. The number of aromatic nitrogens is 1. The fourth-order valence-electron chi connectivity index (χ4n) is 5.81. The average Bonchev–Trinajstić information content (AvgIpc) is 2.93. The Morgan fingerprint density at radius 1 is 1.07 bits per heavy atom. The van der Waals surface area contributed by atoms with Gasteiger partial charge in [0.25, 0.3) is 17.5 Å². The molecule has 0 spiro atoms. The van der Waals surface area contributed by atoms with Crippen molar-refractivity contribution in [2.75, 3.05) is 18.4 Å². The number of carbonyl (C=O) groups is 2. The number of pyridine rings is 1. The van der Waals surface area contributed by atoms with E-state index in [-0.39, 0.29) is 53.0 Å². The van der Waals surface area contributed by atoms with Crippen LogP contribution in [-0.2, 0) is 4.74 Å². The Kier molecular flexibility index (Phi) is 8.77. The van der Waals surface area contributed by atoms with Gasteiger partial charge in [0.1, 0.15) is 5.69 Å². The minimum atomic E-state index is -0.488. The van der Waals surface area contributed by atoms with Crippen LogP contribution in [0.3, 0.4) is 0 Å². The van der Waals surface area contributed by atoms with Gasteiger partial charge in [-0.2, -0.15) is 0 Å². The van der Waals surface area contributed by atoms with E-state index in [1.807, 2.05) is 13.8 Å². The van der Waals surface area contributed by atoms with Gasteiger partial charge in [-0.1, -0.05) is 46.4 Å². The molecular weight excluding hydrogens is 614 g/mol. The Morgan fingerprint density at radius 2 is 1.78 bits per heavy atom. The van der Waals surface area contributed by atoms with Gasteiger partial charge in [0.2, 0.25) is 0 Å². The molecule has 5 rings (SSSR count). The average molecular weight is 645 g/mol. The molecule has 2 aliphatic rings. The van der Waals surface area contributed by atoms with E-state index in [4.69, 9.17) is 16.3 Å². The van der Waals surface area contributed by atoms with Crippen molar-refractivity contribution in [3.05, 3.63) is 73.5 Å². The predicted octanol–water partition coefficient (Wildman–Crippen LogP) is 5.96. The molecule has 41 heavy (non-hydrogen) atoms. The minimum absolute atomic E-state index is 0.154. The van der Waals surface area contributed by atoms with E-state index in [1.165, 1.54) is 12.3 Å². The third-order valence-electron chi connectivity index (χ3n) is 7.59. The lowest BCUT2D eigenvalue weighted by Crippen LogP contribution is -2.50. The van der Waals surface area contributed by atoms with Gasteiger partial charge in [0, 0.05) is 58.5 Å². The summed E-state index contributed by atoms with van der Waals surface area (Å²) >= 11 is 9.48. The van der Waals surface area contributed by atoms with E-state index in [9.17, 15) is 19.7 Å². The smallest absolute Gasteiger partial charge is 0.294 e. The van der Waals surface area contributed by atoms with Crippen LogP contribution < -0.4 is 10.6 Å². The predicted molar refractivity (Wildman–Crippen MR) is 161 cm³/mol. The van der Waals surface area contributed by atoms with Crippen molar-refractivity contribution in [1.29, 1.82) is 0 Å². The number of carbonyl (C=O) groups excluding carboxylic acids is 2. The number of morpholine rings is 1. The maximum absolute atomic E-state index is 13.8. The summed E-state index contributed by atoms with van der Waals surface area (Å²) in [5.41, 5.74) is 0.577. The Morgan fingerprint density at radius 3 is 2.49 bits per heavy atom. The van der Waals surface area contributed by atoms with Crippen LogP contribution in [0, 0.1) is 10.1 Å². The van der Waals surface area contributed by atoms with Gasteiger partial charge >= 0.3 is 0 Å². The van der Waals surface area contributed by atoms with Crippen molar-refractivity contribution >= 4 is 61.5 Å². The molecule has 1 aliphatic heterocycles. The topological polar surface area (TPSA) is 127 Å². The number of nitro groups is 1. The number of rotatable bonds is 6. The third-order valence-corrected chi connectivity index (χ3v) is 8.29. The molecule has 4 atom stereocenters. The first-order valence-electron chi connectivity index (χ1n) is 13.6. The molecular formula is C29H31BrClN5O5. The molecule has 1 saturated carbocycles. The van der Waals surface area contributed by atoms with Crippen LogP contribution in [0.1, 0.15) is 60.2 Å². The molecule has 3 aromatic rings. The second-order valence-corrected chi connectivity index (χ2v) is 12.1. The van der Waals surface area contributed by atoms with Crippen LogP contribution in [0.5, 0.6) is 0 Å². The van der Waals surface area contributed by atoms with Crippen LogP contribution in [0.25, 0.3) is 10.8 Å². The van der Waals surface area contributed by atoms with E-state index >= 15 is 0 Å². The van der Waals surface area contributed by atoms with Gasteiger partial charge in [0.15, 0.2) is 0 Å². The molecule has 10 nitrogen and oxygen atoms in total. The number of amides is 2. The van der Waals surface area contributed by atoms with E-state index in [2.05, 4.69) is 31.5 Å². The monoisotopic (exact) mass is 643 g/mol. The zero-order valence-corrected chi connectivity index (χ0v) is 25.1. The van der Waals surface area contributed by atoms with Crippen molar-refractivity contribution in [3.8, 4) is 0 Å². The third kappa shape index (κ3) is 6.47. The van der Waals surface area contributed by atoms with Crippen molar-refractivity contribution in [2.45, 2.75) is 63.8 Å². The summed E-state index contributed by atoms with van der Waals surface area (Å²) in [6.45, 7) is 4.56. The molecule has 2 aromatic carbocycles. The number of nitro benzene ring substituents is 1. The fraction of sp³-hybridized carbons (Fsp3) is 0.414. The highest BCUT2D eigenvalue weighted by atomic mass is 79.9. The van der Waals surface area contributed by atoms with Gasteiger partial charge in [-0.15, -0.1) is 0 Å². The van der Waals surface area contributed by atoms with Crippen LogP contribution in [-0.4, -0.2) is 64.0 Å². The number of nitrogens with one attached hydrogen (secondary N) is 2. The van der Waals surface area contributed by atoms with Crippen molar-refractivity contribution < 1.29 is 19.2 Å². The molecule has 2 heterocycles. The van der Waals surface area contributed by atoms with Crippen molar-refractivity contribution in [2.24, 2.45) is 0 Å². The summed E-state index contributed by atoms with van der Waals surface area (Å²) < 4.78 is 6.22. The number of ether oxygens (including phenoxy) is 1. The van der Waals surface area contributed by atoms with Crippen LogP contribution in [0.15, 0.2) is 47.2 Å². The highest BCUT2D eigenvalue weighted by Gasteiger charge is 2.34. The lowest BCUT2D eigenvalue weighted by atomic mass is 9.89. The Balaban J connectivity index is 1.45. The standard InChI is InChI=1S/C29H31BrClN5O5/c1-16-14-35(15-17(2)41-16)29(38)22-10-19(30)11-26(36(39)40)27(22)33-24-5-3-4-6-25(24)34-28(37)23-13-32-12-18-9-20(31)7-8-21(18)23/h7-13,16-17,24-25,33H,3-6,14-15H2,1-2H3,(H,34,37)/t16-,17+,24-,25+/m1/s1. The lowest BCUT2D eigenvalue weighted by Gasteiger charge is -2.36. The number of hydrogen-bond acceptors (Lipinski definition) is 7. The van der Waals surface area contributed by atoms with Crippen LogP contribution >= 0.6 is 27.5 Å². The van der Waals surface area contributed by atoms with Crippen molar-refractivity contribution in [1.82, 2.24) is 15.2 Å². The number of fused-ring (bicyclic) bond motifs is 1. The number of benzene rings is 2. The van der Waals surface area contributed by atoms with Gasteiger partial charge in [-0.05, 0) is 50.3 Å². The van der Waals surface area contributed by atoms with Gasteiger partial charge in [0.05, 0.1) is 28.3 Å². The second kappa shape index (κ2) is 12.3. The zero-order valence-electron chi connectivity index (χ0n) is 22.7. The maximum Gasteiger partial charge on any atom is 0.294 e. The molecule has 12 heteroatoms.